The van der Waals surface area contributed by atoms with Crippen LogP contribution < -0.4 is 0 Å². The van der Waals surface area contributed by atoms with Crippen LogP contribution in [0.5, 0.6) is 0 Å². The molecule has 0 saturated heterocycles. The molecule has 2 fully saturated rings. The van der Waals surface area contributed by atoms with Gasteiger partial charge in [0.1, 0.15) is 0 Å². The summed E-state index contributed by atoms with van der Waals surface area (Å²) < 4.78 is 0. The molecule has 0 aromatic heterocycles. The van der Waals surface area contributed by atoms with Gasteiger partial charge in [0.15, 0.2) is 0 Å². The zero-order valence-electron chi connectivity index (χ0n) is 9.19. The first-order valence-electron chi connectivity index (χ1n) is 5.97. The lowest BCUT2D eigenvalue weighted by molar-refractivity contribution is -0.102. The minimum atomic E-state index is -0.166. The van der Waals surface area contributed by atoms with Crippen LogP contribution in [0, 0.1) is 23.7 Å². The molecule has 2 N–H and O–H groups in total. The van der Waals surface area contributed by atoms with Crippen molar-refractivity contribution < 1.29 is 10.2 Å². The molecule has 0 bridgehead atoms. The first-order valence-corrected chi connectivity index (χ1v) is 5.97. The lowest BCUT2D eigenvalue weighted by Gasteiger charge is -2.48. The molecule has 0 aliphatic heterocycles. The Kier molecular flexibility index (Phi) is 2.85. The fraction of sp³-hybridized carbons (Fsp3) is 1.00. The Balaban J connectivity index is 2.19. The van der Waals surface area contributed by atoms with Gasteiger partial charge >= 0.3 is 0 Å². The smallest absolute Gasteiger partial charge is 0.0575 e. The number of rotatable bonds is 0. The molecule has 2 saturated carbocycles. The van der Waals surface area contributed by atoms with E-state index in [0.717, 1.165) is 12.8 Å². The third-order valence-corrected chi connectivity index (χ3v) is 4.48. The second kappa shape index (κ2) is 3.82. The summed E-state index contributed by atoms with van der Waals surface area (Å²) in [4.78, 5) is 0. The Bertz CT molecular complexity index is 162. The van der Waals surface area contributed by atoms with Gasteiger partial charge in [-0.1, -0.05) is 26.7 Å². The highest BCUT2D eigenvalue weighted by atomic mass is 16.3. The van der Waals surface area contributed by atoms with Crippen molar-refractivity contribution in [3.63, 3.8) is 0 Å². The van der Waals surface area contributed by atoms with Gasteiger partial charge < -0.3 is 10.2 Å². The molecule has 2 heteroatoms. The summed E-state index contributed by atoms with van der Waals surface area (Å²) >= 11 is 0. The lowest BCUT2D eigenvalue weighted by Crippen LogP contribution is -2.49. The third kappa shape index (κ3) is 1.59. The molecule has 82 valence electrons. The largest absolute Gasteiger partial charge is 0.393 e. The molecule has 2 aliphatic carbocycles. The lowest BCUT2D eigenvalue weighted by atomic mass is 9.60. The Morgan fingerprint density at radius 2 is 1.07 bits per heavy atom. The summed E-state index contributed by atoms with van der Waals surface area (Å²) in [7, 11) is 0. The molecule has 0 aromatic carbocycles. The van der Waals surface area contributed by atoms with Crippen LogP contribution in [0.25, 0.3) is 0 Å². The van der Waals surface area contributed by atoms with E-state index in [-0.39, 0.29) is 12.2 Å². The molecular weight excluding hydrogens is 176 g/mol. The highest BCUT2D eigenvalue weighted by molar-refractivity contribution is 4.95. The predicted octanol–water partition coefficient (Wildman–Crippen LogP) is 1.80. The van der Waals surface area contributed by atoms with E-state index in [0.29, 0.717) is 23.7 Å². The topological polar surface area (TPSA) is 40.5 Å². The van der Waals surface area contributed by atoms with E-state index in [1.54, 1.807) is 0 Å². The van der Waals surface area contributed by atoms with Crippen molar-refractivity contribution in [3.8, 4) is 0 Å². The number of fused-ring (bicyclic) bond motifs is 1. The third-order valence-electron chi connectivity index (χ3n) is 4.48. The van der Waals surface area contributed by atoms with Crippen molar-refractivity contribution in [1.29, 1.82) is 0 Å². The van der Waals surface area contributed by atoms with Crippen molar-refractivity contribution in [2.75, 3.05) is 0 Å². The second-order valence-corrected chi connectivity index (χ2v) is 5.40. The molecule has 0 spiro atoms. The fourth-order valence-electron chi connectivity index (χ4n) is 3.67. The average molecular weight is 198 g/mol. The Labute approximate surface area is 86.3 Å². The maximum atomic E-state index is 10.00. The molecule has 2 aliphatic rings. The van der Waals surface area contributed by atoms with E-state index in [1.165, 1.54) is 12.8 Å². The first kappa shape index (κ1) is 10.4. The fourth-order valence-corrected chi connectivity index (χ4v) is 3.67. The minimum absolute atomic E-state index is 0.166. The van der Waals surface area contributed by atoms with Gasteiger partial charge in [0.25, 0.3) is 0 Å². The summed E-state index contributed by atoms with van der Waals surface area (Å²) in [5.74, 6) is 1.87. The van der Waals surface area contributed by atoms with Crippen molar-refractivity contribution in [2.24, 2.45) is 23.7 Å². The summed E-state index contributed by atoms with van der Waals surface area (Å²) in [5, 5.41) is 20.0. The quantitative estimate of drug-likeness (QED) is 0.623. The SMILES string of the molecule is CC1CCC(C)C2C(O)CCC(O)C12. The van der Waals surface area contributed by atoms with Gasteiger partial charge in [-0.2, -0.15) is 0 Å². The van der Waals surface area contributed by atoms with E-state index in [4.69, 9.17) is 0 Å². The van der Waals surface area contributed by atoms with Crippen LogP contribution >= 0.6 is 0 Å². The van der Waals surface area contributed by atoms with E-state index in [1.807, 2.05) is 0 Å². The van der Waals surface area contributed by atoms with Crippen LogP contribution in [-0.2, 0) is 0 Å². The first-order chi connectivity index (χ1) is 6.61. The van der Waals surface area contributed by atoms with E-state index in [9.17, 15) is 10.2 Å². The maximum absolute atomic E-state index is 10.00. The van der Waals surface area contributed by atoms with E-state index >= 15 is 0 Å². The summed E-state index contributed by atoms with van der Waals surface area (Å²) in [6.07, 6.45) is 3.68. The van der Waals surface area contributed by atoms with E-state index < -0.39 is 0 Å². The standard InChI is InChI=1S/C12H22O2/c1-7-3-4-8(2)12-10(14)6-5-9(13)11(7)12/h7-14H,3-6H2,1-2H3. The van der Waals surface area contributed by atoms with Gasteiger partial charge in [-0.25, -0.2) is 0 Å². The van der Waals surface area contributed by atoms with Gasteiger partial charge in [-0.05, 0) is 36.5 Å². The Hall–Kier alpha value is -0.0800. The molecule has 0 heterocycles. The van der Waals surface area contributed by atoms with Crippen molar-refractivity contribution in [2.45, 2.75) is 51.7 Å². The van der Waals surface area contributed by atoms with Gasteiger partial charge in [0, 0.05) is 0 Å². The molecule has 6 unspecified atom stereocenters. The number of aliphatic hydroxyl groups excluding tert-OH is 2. The molecule has 0 amide bonds. The van der Waals surface area contributed by atoms with Gasteiger partial charge in [0.2, 0.25) is 0 Å². The number of hydrogen-bond acceptors (Lipinski definition) is 2. The molecule has 2 nitrogen and oxygen atoms in total. The molecule has 14 heavy (non-hydrogen) atoms. The molecule has 0 radical (unpaired) electrons. The van der Waals surface area contributed by atoms with Crippen LogP contribution in [-0.4, -0.2) is 22.4 Å². The average Bonchev–Trinajstić information content (AvgIpc) is 2.16. The second-order valence-electron chi connectivity index (χ2n) is 5.40. The van der Waals surface area contributed by atoms with Gasteiger partial charge in [0.05, 0.1) is 12.2 Å². The van der Waals surface area contributed by atoms with Crippen LogP contribution in [0.1, 0.15) is 39.5 Å². The Morgan fingerprint density at radius 1 is 0.714 bits per heavy atom. The summed E-state index contributed by atoms with van der Waals surface area (Å²) in [6.45, 7) is 4.45. The van der Waals surface area contributed by atoms with E-state index in [2.05, 4.69) is 13.8 Å². The monoisotopic (exact) mass is 198 g/mol. The highest BCUT2D eigenvalue weighted by Crippen LogP contribution is 2.46. The zero-order chi connectivity index (χ0) is 10.3. The number of aliphatic hydroxyl groups is 2. The van der Waals surface area contributed by atoms with Crippen LogP contribution in [0.4, 0.5) is 0 Å². The number of hydrogen-bond donors (Lipinski definition) is 2. The van der Waals surface area contributed by atoms with Crippen molar-refractivity contribution >= 4 is 0 Å². The highest BCUT2D eigenvalue weighted by Gasteiger charge is 2.45. The van der Waals surface area contributed by atoms with Crippen LogP contribution in [0.15, 0.2) is 0 Å². The minimum Gasteiger partial charge on any atom is -0.393 e. The summed E-state index contributed by atoms with van der Waals surface area (Å²) in [5.41, 5.74) is 0. The van der Waals surface area contributed by atoms with Crippen LogP contribution in [0.3, 0.4) is 0 Å². The van der Waals surface area contributed by atoms with Crippen LogP contribution in [0.2, 0.25) is 0 Å². The molecule has 0 aromatic rings. The molecule has 2 rings (SSSR count). The predicted molar refractivity (Wildman–Crippen MR) is 55.8 cm³/mol. The normalized spacial score (nSPS) is 54.0. The summed E-state index contributed by atoms with van der Waals surface area (Å²) in [6, 6.07) is 0. The van der Waals surface area contributed by atoms with Gasteiger partial charge in [-0.3, -0.25) is 0 Å². The maximum Gasteiger partial charge on any atom is 0.0575 e. The van der Waals surface area contributed by atoms with Crippen molar-refractivity contribution in [3.05, 3.63) is 0 Å². The molecular formula is C12H22O2. The zero-order valence-corrected chi connectivity index (χ0v) is 9.19. The van der Waals surface area contributed by atoms with Crippen molar-refractivity contribution in [1.82, 2.24) is 0 Å². The Morgan fingerprint density at radius 3 is 1.43 bits per heavy atom. The van der Waals surface area contributed by atoms with Gasteiger partial charge in [-0.15, -0.1) is 0 Å². The molecule has 6 atom stereocenters.